The molecule has 8 heteroatoms. The third kappa shape index (κ3) is 9.93. The van der Waals surface area contributed by atoms with Crippen molar-refractivity contribution in [3.8, 4) is 0 Å². The molecule has 4 rings (SSSR count). The summed E-state index contributed by atoms with van der Waals surface area (Å²) in [4.78, 5) is 3.98. The van der Waals surface area contributed by atoms with Crippen molar-refractivity contribution >= 4 is 69.9 Å². The zero-order valence-electron chi connectivity index (χ0n) is 31.6. The normalized spacial score (nSPS) is 16.0. The van der Waals surface area contributed by atoms with Crippen LogP contribution in [0.25, 0.3) is 5.73 Å². The molecule has 2 aromatic carbocycles. The number of nitrogens with one attached hydrogen (secondary N) is 2. The van der Waals surface area contributed by atoms with Gasteiger partial charge in [-0.05, 0) is 141 Å². The Bertz CT molecular complexity index is 1500. The van der Waals surface area contributed by atoms with Crippen LogP contribution in [0.3, 0.4) is 0 Å². The van der Waals surface area contributed by atoms with Gasteiger partial charge < -0.3 is 10.7 Å². The van der Waals surface area contributed by atoms with E-state index in [1.165, 1.54) is 50.3 Å². The Labute approximate surface area is 317 Å². The van der Waals surface area contributed by atoms with Gasteiger partial charge in [-0.2, -0.15) is 11.1 Å². The molecule has 0 heterocycles. The van der Waals surface area contributed by atoms with Gasteiger partial charge in [0.1, 0.15) is 0 Å². The summed E-state index contributed by atoms with van der Waals surface area (Å²) in [6.45, 7) is 35.7. The van der Waals surface area contributed by atoms with E-state index in [9.17, 15) is 0 Å². The summed E-state index contributed by atoms with van der Waals surface area (Å²) in [6.07, 6.45) is 0. The molecule has 2 aliphatic carbocycles. The van der Waals surface area contributed by atoms with Crippen molar-refractivity contribution in [2.75, 3.05) is 4.98 Å². The van der Waals surface area contributed by atoms with Crippen molar-refractivity contribution in [1.29, 1.82) is 0 Å². The van der Waals surface area contributed by atoms with Gasteiger partial charge >= 0.3 is 18.9 Å². The largest absolute Gasteiger partial charge is 1.00 e. The van der Waals surface area contributed by atoms with Crippen molar-refractivity contribution in [1.82, 2.24) is 0 Å². The zero-order valence-corrected chi connectivity index (χ0v) is 37.5. The summed E-state index contributed by atoms with van der Waals surface area (Å²) in [5, 5.41) is 0. The number of aryl methyl sites for hydroxylation is 4. The van der Waals surface area contributed by atoms with Crippen molar-refractivity contribution in [2.24, 2.45) is 0 Å². The molecule has 0 amide bonds. The van der Waals surface area contributed by atoms with Gasteiger partial charge in [0.2, 0.25) is 0 Å². The van der Waals surface area contributed by atoms with Crippen LogP contribution >= 0.6 is 42.9 Å². The molecule has 0 radical (unpaired) electrons. The minimum absolute atomic E-state index is 0. The number of anilines is 1. The van der Waals surface area contributed by atoms with Gasteiger partial charge in [0.25, 0.3) is 0 Å². The number of hydrogen-bond acceptors (Lipinski definition) is 1. The number of rotatable bonds is 4. The quantitative estimate of drug-likeness (QED) is 0.243. The molecule has 0 atom stereocenters. The summed E-state index contributed by atoms with van der Waals surface area (Å²) in [5.41, 5.74) is 27.4. The molecule has 0 fully saturated rings. The van der Waals surface area contributed by atoms with Crippen molar-refractivity contribution in [3.05, 3.63) is 106 Å². The van der Waals surface area contributed by atoms with Gasteiger partial charge in [0.15, 0.2) is 15.6 Å². The Balaban J connectivity index is 0.000000375. The van der Waals surface area contributed by atoms with Crippen LogP contribution in [0.2, 0.25) is 37.3 Å². The number of hydrogen-bond donors (Lipinski definition) is 1. The summed E-state index contributed by atoms with van der Waals surface area (Å²) >= 11 is 13.5. The predicted octanol–water partition coefficient (Wildman–Crippen LogP) is 12.0. The van der Waals surface area contributed by atoms with E-state index in [2.05, 4.69) is 144 Å². The summed E-state index contributed by atoms with van der Waals surface area (Å²) < 4.78 is 2.21. The minimum atomic E-state index is -1.68. The molecule has 2 nitrogen and oxygen atoms in total. The second-order valence-corrected chi connectivity index (χ2v) is 27.1. The maximum atomic E-state index is 7.52. The van der Waals surface area contributed by atoms with E-state index >= 15 is 0 Å². The Morgan fingerprint density at radius 1 is 0.565 bits per heavy atom. The number of benzene rings is 2. The van der Waals surface area contributed by atoms with E-state index in [0.717, 1.165) is 20.1 Å². The van der Waals surface area contributed by atoms with Crippen LogP contribution in [0, 0.1) is 27.7 Å². The first kappa shape index (κ1) is 43.3. The van der Waals surface area contributed by atoms with Crippen LogP contribution in [0.5, 0.6) is 0 Å². The minimum Gasteiger partial charge on any atom is -0.698 e. The third-order valence-electron chi connectivity index (χ3n) is 10.1. The van der Waals surface area contributed by atoms with Crippen LogP contribution in [-0.2, 0) is 0 Å². The molecule has 0 bridgehead atoms. The standard InChI is InChI=1S/C19H28BrNSi.C11H19ClSi.C8H9BrN.Li/c1-11-9-17(20)10-12(2)18(11)21-22(7,8)19-15(5)13(3)14(4)16(19)6;1-7-8(2)10(4)11(9(7)3)13(5,6)12;1-5-3-7(9)4-6(2)8(5)10;/h9-10,19,21H,1-8H3;11H,1-6H3;3-4,10H,1-2H3;/q;;-1;+1. The molecule has 2 aromatic rings. The smallest absolute Gasteiger partial charge is 0.698 e. The van der Waals surface area contributed by atoms with Crippen LogP contribution in [-0.4, -0.2) is 15.6 Å². The van der Waals surface area contributed by atoms with Crippen LogP contribution in [0.4, 0.5) is 11.4 Å². The molecule has 46 heavy (non-hydrogen) atoms. The van der Waals surface area contributed by atoms with Crippen molar-refractivity contribution in [2.45, 2.75) is 120 Å². The maximum absolute atomic E-state index is 7.52. The van der Waals surface area contributed by atoms with Gasteiger partial charge in [-0.3, -0.25) is 0 Å². The zero-order chi connectivity index (χ0) is 34.9. The Morgan fingerprint density at radius 3 is 1.13 bits per heavy atom. The molecular weight excluding hydrogens is 743 g/mol. The number of halogens is 3. The van der Waals surface area contributed by atoms with Crippen LogP contribution in [0.15, 0.2) is 77.8 Å². The second-order valence-electron chi connectivity index (χ2n) is 14.3. The van der Waals surface area contributed by atoms with Crippen LogP contribution in [0.1, 0.15) is 77.6 Å². The van der Waals surface area contributed by atoms with Gasteiger partial charge in [-0.1, -0.05) is 91.5 Å². The first-order chi connectivity index (χ1) is 20.4. The molecule has 0 aliphatic heterocycles. The van der Waals surface area contributed by atoms with Crippen molar-refractivity contribution in [3.63, 3.8) is 0 Å². The maximum Gasteiger partial charge on any atom is 1.00 e. The van der Waals surface area contributed by atoms with E-state index in [1.54, 1.807) is 11.1 Å². The van der Waals surface area contributed by atoms with Crippen molar-refractivity contribution < 1.29 is 18.9 Å². The van der Waals surface area contributed by atoms with Gasteiger partial charge in [0, 0.05) is 25.7 Å². The fourth-order valence-electron chi connectivity index (χ4n) is 7.22. The summed E-state index contributed by atoms with van der Waals surface area (Å²) in [7, 11) is -3.26. The van der Waals surface area contributed by atoms with E-state index < -0.39 is 15.6 Å². The monoisotopic (exact) mass is 796 g/mol. The average Bonchev–Trinajstić information content (AvgIpc) is 3.23. The molecule has 248 valence electrons. The topological polar surface area (TPSA) is 35.8 Å². The molecule has 2 aliphatic rings. The molecule has 0 spiro atoms. The molecular formula is C38H56Br2ClLiN2Si2. The fourth-order valence-corrected chi connectivity index (χ4v) is 15.9. The third-order valence-corrected chi connectivity index (χ3v) is 17.1. The van der Waals surface area contributed by atoms with Crippen LogP contribution < -0.4 is 23.8 Å². The summed E-state index contributed by atoms with van der Waals surface area (Å²) in [5.74, 6) is 0. The summed E-state index contributed by atoms with van der Waals surface area (Å²) in [6, 6.07) is 8.32. The Morgan fingerprint density at radius 2 is 0.848 bits per heavy atom. The van der Waals surface area contributed by atoms with Gasteiger partial charge in [-0.25, -0.2) is 0 Å². The van der Waals surface area contributed by atoms with Gasteiger partial charge in [-0.15, -0.1) is 5.69 Å². The predicted molar refractivity (Wildman–Crippen MR) is 217 cm³/mol. The Kier molecular flexibility index (Phi) is 15.8. The SMILES string of the molecule is CC1=C(C)C([Si](C)(C)Cl)C(C)=C1C.CC1=C(C)C([Si](C)(C)Nc2c(C)cc(Br)cc2C)C(C)=C1C.Cc1cc(Br)cc(C)c1[NH-].[Li+]. The first-order valence-electron chi connectivity index (χ1n) is 15.9. The van der Waals surface area contributed by atoms with E-state index in [-0.39, 0.29) is 18.9 Å². The van der Waals surface area contributed by atoms with E-state index in [4.69, 9.17) is 16.8 Å². The van der Waals surface area contributed by atoms with Gasteiger partial charge in [0.05, 0.1) is 0 Å². The molecule has 0 unspecified atom stereocenters. The second kappa shape index (κ2) is 16.8. The molecule has 0 saturated heterocycles. The molecule has 0 aromatic heterocycles. The number of allylic oxidation sites excluding steroid dienone is 8. The molecule has 2 N–H and O–H groups in total. The fraction of sp³-hybridized carbons (Fsp3) is 0.474. The molecule has 0 saturated carbocycles. The first-order valence-corrected chi connectivity index (χ1v) is 24.6. The average molecular weight is 799 g/mol. The van der Waals surface area contributed by atoms with E-state index in [1.807, 2.05) is 26.0 Å². The Hall–Kier alpha value is -0.719. The van der Waals surface area contributed by atoms with E-state index in [0.29, 0.717) is 16.8 Å².